The lowest BCUT2D eigenvalue weighted by Crippen LogP contribution is -2.52. The number of thioether (sulfide) groups is 1. The Morgan fingerprint density at radius 3 is 2.44 bits per heavy atom. The van der Waals surface area contributed by atoms with Crippen LogP contribution in [0.1, 0.15) is 50.9 Å². The number of nitrogens with zero attached hydrogens (tertiary/aromatic N) is 1. The quantitative estimate of drug-likeness (QED) is 0.722. The molecular weight excluding hydrogens is 364 g/mol. The fourth-order valence-corrected chi connectivity index (χ4v) is 3.95. The summed E-state index contributed by atoms with van der Waals surface area (Å²) in [7, 11) is 0. The van der Waals surface area contributed by atoms with E-state index in [2.05, 4.69) is 5.32 Å². The predicted octanol–water partition coefficient (Wildman–Crippen LogP) is 2.86. The lowest BCUT2D eigenvalue weighted by Gasteiger charge is -2.27. The van der Waals surface area contributed by atoms with Crippen LogP contribution >= 0.6 is 11.8 Å². The third-order valence-electron chi connectivity index (χ3n) is 4.06. The van der Waals surface area contributed by atoms with Gasteiger partial charge in [0.2, 0.25) is 11.8 Å². The molecule has 1 aliphatic rings. The zero-order valence-corrected chi connectivity index (χ0v) is 17.2. The first-order chi connectivity index (χ1) is 12.7. The van der Waals surface area contributed by atoms with E-state index in [0.717, 1.165) is 0 Å². The molecule has 0 bridgehead atoms. The number of ether oxygens (including phenoxy) is 1. The number of hydrogen-bond donors (Lipinski definition) is 1. The summed E-state index contributed by atoms with van der Waals surface area (Å²) in [5.74, 6) is 1.40. The van der Waals surface area contributed by atoms with E-state index in [1.165, 1.54) is 0 Å². The van der Waals surface area contributed by atoms with Crippen molar-refractivity contribution >= 4 is 29.4 Å². The van der Waals surface area contributed by atoms with E-state index >= 15 is 0 Å². The van der Waals surface area contributed by atoms with E-state index in [9.17, 15) is 14.4 Å². The number of carbonyl (C=O) groups is 3. The average molecular weight is 393 g/mol. The van der Waals surface area contributed by atoms with Gasteiger partial charge in [-0.1, -0.05) is 0 Å². The van der Waals surface area contributed by atoms with Crippen molar-refractivity contribution in [1.82, 2.24) is 10.2 Å². The number of rotatable bonds is 7. The molecule has 1 heterocycles. The minimum atomic E-state index is -0.470. The maximum atomic E-state index is 12.6. The third kappa shape index (κ3) is 6.27. The Balaban J connectivity index is 1.90. The number of amides is 2. The Kier molecular flexibility index (Phi) is 7.30. The van der Waals surface area contributed by atoms with Gasteiger partial charge in [-0.15, -0.1) is 11.8 Å². The van der Waals surface area contributed by atoms with Gasteiger partial charge in [0.25, 0.3) is 0 Å². The van der Waals surface area contributed by atoms with Gasteiger partial charge in [0.15, 0.2) is 5.78 Å². The topological polar surface area (TPSA) is 75.7 Å². The summed E-state index contributed by atoms with van der Waals surface area (Å²) in [6.45, 7) is 8.20. The molecule has 1 aromatic rings. The molecule has 0 aliphatic carbocycles. The lowest BCUT2D eigenvalue weighted by molar-refractivity contribution is -0.138. The minimum absolute atomic E-state index is 0.0889. The van der Waals surface area contributed by atoms with Crippen LogP contribution in [0, 0.1) is 0 Å². The van der Waals surface area contributed by atoms with Crippen LogP contribution in [0.2, 0.25) is 0 Å². The molecule has 27 heavy (non-hydrogen) atoms. The van der Waals surface area contributed by atoms with E-state index in [4.69, 9.17) is 4.74 Å². The summed E-state index contributed by atoms with van der Waals surface area (Å²) in [5, 5.41) is 2.93. The van der Waals surface area contributed by atoms with Gasteiger partial charge in [0.1, 0.15) is 11.8 Å². The maximum absolute atomic E-state index is 12.6. The van der Waals surface area contributed by atoms with Crippen molar-refractivity contribution in [2.45, 2.75) is 52.1 Å². The smallest absolute Gasteiger partial charge is 0.244 e. The first-order valence-electron chi connectivity index (χ1n) is 9.16. The van der Waals surface area contributed by atoms with E-state index < -0.39 is 6.04 Å². The Bertz CT molecular complexity index is 682. The van der Waals surface area contributed by atoms with Gasteiger partial charge in [-0.25, -0.2) is 0 Å². The maximum Gasteiger partial charge on any atom is 0.244 e. The molecule has 1 atom stereocenters. The number of carbonyl (C=O) groups excluding carboxylic acids is 3. The van der Waals surface area contributed by atoms with Crippen molar-refractivity contribution in [3.8, 4) is 5.75 Å². The SMILES string of the molecule is CCOc1ccc(C(=O)CCC(=O)N2CSCC2C(=O)NC(C)(C)C)cc1. The summed E-state index contributed by atoms with van der Waals surface area (Å²) in [6.07, 6.45) is 0.230. The molecule has 2 rings (SSSR count). The normalized spacial score (nSPS) is 16.9. The summed E-state index contributed by atoms with van der Waals surface area (Å²) in [6, 6.07) is 6.46. The minimum Gasteiger partial charge on any atom is -0.494 e. The molecule has 148 valence electrons. The molecule has 0 aromatic heterocycles. The summed E-state index contributed by atoms with van der Waals surface area (Å²) >= 11 is 1.56. The van der Waals surface area contributed by atoms with Gasteiger partial charge in [-0.3, -0.25) is 14.4 Å². The van der Waals surface area contributed by atoms with E-state index in [-0.39, 0.29) is 36.0 Å². The van der Waals surface area contributed by atoms with E-state index in [1.54, 1.807) is 40.9 Å². The fraction of sp³-hybridized carbons (Fsp3) is 0.550. The number of benzene rings is 1. The second-order valence-electron chi connectivity index (χ2n) is 7.50. The molecule has 6 nitrogen and oxygen atoms in total. The first-order valence-corrected chi connectivity index (χ1v) is 10.3. The molecule has 2 amide bonds. The monoisotopic (exact) mass is 392 g/mol. The second kappa shape index (κ2) is 9.26. The Morgan fingerprint density at radius 2 is 1.85 bits per heavy atom. The van der Waals surface area contributed by atoms with Crippen LogP contribution in [0.15, 0.2) is 24.3 Å². The lowest BCUT2D eigenvalue weighted by atomic mass is 10.1. The molecule has 1 saturated heterocycles. The number of nitrogens with one attached hydrogen (secondary N) is 1. The van der Waals surface area contributed by atoms with Crippen molar-refractivity contribution in [3.63, 3.8) is 0 Å². The molecule has 1 aromatic carbocycles. The van der Waals surface area contributed by atoms with Crippen molar-refractivity contribution in [2.24, 2.45) is 0 Å². The average Bonchev–Trinajstić information content (AvgIpc) is 3.09. The van der Waals surface area contributed by atoms with Crippen molar-refractivity contribution < 1.29 is 19.1 Å². The molecule has 1 unspecified atom stereocenters. The van der Waals surface area contributed by atoms with Gasteiger partial charge in [0.05, 0.1) is 12.5 Å². The Labute approximate surface area is 165 Å². The Morgan fingerprint density at radius 1 is 1.19 bits per heavy atom. The fourth-order valence-electron chi connectivity index (χ4n) is 2.77. The van der Waals surface area contributed by atoms with Crippen LogP contribution in [0.25, 0.3) is 0 Å². The van der Waals surface area contributed by atoms with Crippen molar-refractivity contribution in [1.29, 1.82) is 0 Å². The van der Waals surface area contributed by atoms with Crippen LogP contribution in [0.4, 0.5) is 0 Å². The highest BCUT2D eigenvalue weighted by Crippen LogP contribution is 2.23. The van der Waals surface area contributed by atoms with Gasteiger partial charge in [-0.05, 0) is 52.0 Å². The highest BCUT2D eigenvalue weighted by Gasteiger charge is 2.35. The first kappa shape index (κ1) is 21.3. The zero-order valence-electron chi connectivity index (χ0n) is 16.4. The van der Waals surface area contributed by atoms with Crippen molar-refractivity contribution in [3.05, 3.63) is 29.8 Å². The van der Waals surface area contributed by atoms with E-state index in [1.807, 2.05) is 27.7 Å². The van der Waals surface area contributed by atoms with Gasteiger partial charge in [-0.2, -0.15) is 0 Å². The third-order valence-corrected chi connectivity index (χ3v) is 5.07. The Hall–Kier alpha value is -2.02. The van der Waals surface area contributed by atoms with Gasteiger partial charge >= 0.3 is 0 Å². The molecular formula is C20H28N2O4S. The molecule has 1 aliphatic heterocycles. The highest BCUT2D eigenvalue weighted by molar-refractivity contribution is 7.99. The van der Waals surface area contributed by atoms with Gasteiger partial charge < -0.3 is 15.0 Å². The molecule has 7 heteroatoms. The van der Waals surface area contributed by atoms with Crippen LogP contribution in [0.3, 0.4) is 0 Å². The van der Waals surface area contributed by atoms with Crippen LogP contribution in [-0.2, 0) is 9.59 Å². The zero-order chi connectivity index (χ0) is 20.0. The van der Waals surface area contributed by atoms with Crippen LogP contribution < -0.4 is 10.1 Å². The second-order valence-corrected chi connectivity index (χ2v) is 8.50. The van der Waals surface area contributed by atoms with E-state index in [0.29, 0.717) is 29.5 Å². The largest absolute Gasteiger partial charge is 0.494 e. The molecule has 0 spiro atoms. The molecule has 0 saturated carbocycles. The summed E-state index contributed by atoms with van der Waals surface area (Å²) in [5.41, 5.74) is 0.215. The number of ketones is 1. The molecule has 0 radical (unpaired) electrons. The summed E-state index contributed by atoms with van der Waals surface area (Å²) in [4.78, 5) is 38.9. The summed E-state index contributed by atoms with van der Waals surface area (Å²) < 4.78 is 5.36. The molecule has 1 N–H and O–H groups in total. The highest BCUT2D eigenvalue weighted by atomic mass is 32.2. The number of hydrogen-bond acceptors (Lipinski definition) is 5. The standard InChI is InChI=1S/C20H28N2O4S/c1-5-26-15-8-6-14(7-9-15)17(23)10-11-18(24)22-13-27-12-16(22)19(25)21-20(2,3)4/h6-9,16H,5,10-13H2,1-4H3,(H,21,25). The van der Waals surface area contributed by atoms with Crippen molar-refractivity contribution in [2.75, 3.05) is 18.2 Å². The molecule has 1 fully saturated rings. The van der Waals surface area contributed by atoms with Crippen LogP contribution in [0.5, 0.6) is 5.75 Å². The predicted molar refractivity (Wildman–Crippen MR) is 107 cm³/mol. The van der Waals surface area contributed by atoms with Crippen LogP contribution in [-0.4, -0.2) is 52.3 Å². The number of Topliss-reactive ketones (excluding diaryl/α,β-unsaturated/α-hetero) is 1. The van der Waals surface area contributed by atoms with Gasteiger partial charge in [0, 0.05) is 29.7 Å².